The van der Waals surface area contributed by atoms with E-state index in [2.05, 4.69) is 10.3 Å². The van der Waals surface area contributed by atoms with Gasteiger partial charge in [-0.2, -0.15) is 11.3 Å². The van der Waals surface area contributed by atoms with E-state index < -0.39 is 5.60 Å². The monoisotopic (exact) mass is 328 g/mol. The van der Waals surface area contributed by atoms with Gasteiger partial charge in [0.15, 0.2) is 0 Å². The Kier molecular flexibility index (Phi) is 4.00. The molecule has 0 fully saturated rings. The molecule has 1 atom stereocenters. The van der Waals surface area contributed by atoms with E-state index in [9.17, 15) is 9.90 Å². The number of carbonyl (C=O) groups is 1. The highest BCUT2D eigenvalue weighted by atomic mass is 32.1. The minimum Gasteiger partial charge on any atom is -0.384 e. The number of carbonyl (C=O) groups excluding carboxylic acids is 1. The number of thiophene rings is 1. The first-order chi connectivity index (χ1) is 10.9. The summed E-state index contributed by atoms with van der Waals surface area (Å²) in [5, 5.41) is 18.2. The van der Waals surface area contributed by atoms with Gasteiger partial charge in [-0.05, 0) is 54.8 Å². The molecule has 0 aliphatic heterocycles. The van der Waals surface area contributed by atoms with E-state index >= 15 is 0 Å². The van der Waals surface area contributed by atoms with Gasteiger partial charge in [0.25, 0.3) is 5.91 Å². The van der Waals surface area contributed by atoms with Crippen LogP contribution in [-0.4, -0.2) is 22.5 Å². The lowest BCUT2D eigenvalue weighted by Crippen LogP contribution is -2.38. The number of benzene rings is 1. The van der Waals surface area contributed by atoms with Crippen molar-refractivity contribution in [2.45, 2.75) is 26.4 Å². The van der Waals surface area contributed by atoms with Crippen molar-refractivity contribution in [1.82, 2.24) is 10.3 Å². The highest BCUT2D eigenvalue weighted by Crippen LogP contribution is 2.25. The lowest BCUT2D eigenvalue weighted by Gasteiger charge is -2.22. The summed E-state index contributed by atoms with van der Waals surface area (Å²) in [6, 6.07) is 7.56. The van der Waals surface area contributed by atoms with Gasteiger partial charge in [-0.25, -0.2) is 0 Å². The predicted molar refractivity (Wildman–Crippen MR) is 94.0 cm³/mol. The Bertz CT molecular complexity index is 847. The maximum Gasteiger partial charge on any atom is 0.253 e. The van der Waals surface area contributed by atoms with Crippen LogP contribution in [-0.2, 0) is 5.60 Å². The molecule has 0 aliphatic rings. The van der Waals surface area contributed by atoms with Crippen LogP contribution in [0.5, 0.6) is 0 Å². The van der Waals surface area contributed by atoms with Gasteiger partial charge >= 0.3 is 0 Å². The molecule has 120 valence electrons. The third kappa shape index (κ3) is 2.90. The minimum atomic E-state index is -1.08. The Morgan fingerprint density at radius 3 is 2.83 bits per heavy atom. The fourth-order valence-electron chi connectivity index (χ4n) is 2.69. The molecule has 1 amide bonds. The van der Waals surface area contributed by atoms with Crippen molar-refractivity contribution in [3.8, 4) is 0 Å². The molecule has 2 heterocycles. The molecule has 2 aromatic heterocycles. The third-order valence-electron chi connectivity index (χ3n) is 4.32. The van der Waals surface area contributed by atoms with Crippen LogP contribution in [0.2, 0.25) is 0 Å². The number of rotatable bonds is 4. The lowest BCUT2D eigenvalue weighted by atomic mass is 9.99. The van der Waals surface area contributed by atoms with Gasteiger partial charge < -0.3 is 15.4 Å². The largest absolute Gasteiger partial charge is 0.384 e. The summed E-state index contributed by atoms with van der Waals surface area (Å²) in [5.41, 5.74) is 3.39. The number of aromatic amines is 1. The lowest BCUT2D eigenvalue weighted by molar-refractivity contribution is 0.0530. The van der Waals surface area contributed by atoms with Crippen LogP contribution in [0.1, 0.15) is 34.1 Å². The van der Waals surface area contributed by atoms with Gasteiger partial charge in [0.1, 0.15) is 5.60 Å². The summed E-state index contributed by atoms with van der Waals surface area (Å²) in [4.78, 5) is 15.8. The second-order valence-corrected chi connectivity index (χ2v) is 6.85. The molecule has 0 saturated heterocycles. The van der Waals surface area contributed by atoms with Gasteiger partial charge in [-0.1, -0.05) is 12.1 Å². The summed E-state index contributed by atoms with van der Waals surface area (Å²) < 4.78 is 0. The van der Waals surface area contributed by atoms with Crippen molar-refractivity contribution in [2.75, 3.05) is 6.54 Å². The van der Waals surface area contributed by atoms with Crippen LogP contribution < -0.4 is 5.32 Å². The molecule has 1 unspecified atom stereocenters. The molecule has 4 nitrogen and oxygen atoms in total. The number of nitrogens with one attached hydrogen (secondary N) is 2. The molecule has 5 heteroatoms. The molecule has 0 bridgehead atoms. The molecule has 23 heavy (non-hydrogen) atoms. The number of hydrogen-bond acceptors (Lipinski definition) is 3. The first-order valence-corrected chi connectivity index (χ1v) is 8.45. The molecule has 3 N–H and O–H groups in total. The Balaban J connectivity index is 1.83. The second-order valence-electron chi connectivity index (χ2n) is 6.07. The van der Waals surface area contributed by atoms with E-state index in [4.69, 9.17) is 0 Å². The van der Waals surface area contributed by atoms with Crippen LogP contribution in [0.3, 0.4) is 0 Å². The van der Waals surface area contributed by atoms with Gasteiger partial charge in [0.05, 0.1) is 17.6 Å². The predicted octanol–water partition coefficient (Wildman–Crippen LogP) is 3.48. The molecule has 0 spiro atoms. The fourth-order valence-corrected chi connectivity index (χ4v) is 3.48. The normalized spacial score (nSPS) is 13.9. The zero-order valence-electron chi connectivity index (χ0n) is 13.4. The quantitative estimate of drug-likeness (QED) is 0.686. The van der Waals surface area contributed by atoms with E-state index in [0.717, 1.165) is 27.7 Å². The van der Waals surface area contributed by atoms with Crippen LogP contribution in [0, 0.1) is 13.8 Å². The van der Waals surface area contributed by atoms with E-state index in [0.29, 0.717) is 5.56 Å². The number of aromatic nitrogens is 1. The van der Waals surface area contributed by atoms with Gasteiger partial charge in [0, 0.05) is 11.1 Å². The van der Waals surface area contributed by atoms with Crippen LogP contribution >= 0.6 is 11.3 Å². The topological polar surface area (TPSA) is 65.1 Å². The fraction of sp³-hybridized carbons (Fsp3) is 0.278. The van der Waals surface area contributed by atoms with Crippen molar-refractivity contribution < 1.29 is 9.90 Å². The highest BCUT2D eigenvalue weighted by Gasteiger charge is 2.25. The number of para-hydroxylation sites is 1. The first-order valence-electron chi connectivity index (χ1n) is 7.51. The summed E-state index contributed by atoms with van der Waals surface area (Å²) in [5.74, 6) is -0.188. The molecule has 0 radical (unpaired) electrons. The highest BCUT2D eigenvalue weighted by molar-refractivity contribution is 7.08. The Morgan fingerprint density at radius 1 is 1.35 bits per heavy atom. The molecule has 0 saturated carbocycles. The van der Waals surface area contributed by atoms with Crippen LogP contribution in [0.15, 0.2) is 35.0 Å². The maximum atomic E-state index is 12.6. The summed E-state index contributed by atoms with van der Waals surface area (Å²) in [6.45, 7) is 5.91. The van der Waals surface area contributed by atoms with Crippen LogP contribution in [0.4, 0.5) is 0 Å². The van der Waals surface area contributed by atoms with Gasteiger partial charge in [-0.15, -0.1) is 0 Å². The van der Waals surface area contributed by atoms with Crippen molar-refractivity contribution in [2.24, 2.45) is 0 Å². The van der Waals surface area contributed by atoms with E-state index in [-0.39, 0.29) is 12.5 Å². The SMILES string of the molecule is Cc1[nH]c2c(C(=O)NCC(C)(O)c3ccsc3)cccc2c1C. The van der Waals surface area contributed by atoms with Crippen LogP contribution in [0.25, 0.3) is 10.9 Å². The number of aliphatic hydroxyl groups is 1. The molecule has 3 rings (SSSR count). The van der Waals surface area contributed by atoms with Gasteiger partial charge in [0.2, 0.25) is 0 Å². The number of amides is 1. The summed E-state index contributed by atoms with van der Waals surface area (Å²) >= 11 is 1.53. The smallest absolute Gasteiger partial charge is 0.253 e. The molecular formula is C18H20N2O2S. The third-order valence-corrected chi connectivity index (χ3v) is 5.01. The Morgan fingerprint density at radius 2 is 2.13 bits per heavy atom. The Hall–Kier alpha value is -2.11. The minimum absolute atomic E-state index is 0.164. The number of fused-ring (bicyclic) bond motifs is 1. The first kappa shape index (κ1) is 15.8. The molecule has 0 aliphatic carbocycles. The zero-order valence-corrected chi connectivity index (χ0v) is 14.3. The van der Waals surface area contributed by atoms with E-state index in [1.807, 2.05) is 42.8 Å². The number of aryl methyl sites for hydroxylation is 2. The van der Waals surface area contributed by atoms with Gasteiger partial charge in [-0.3, -0.25) is 4.79 Å². The molecule has 1 aromatic carbocycles. The van der Waals surface area contributed by atoms with Crippen molar-refractivity contribution in [3.63, 3.8) is 0 Å². The van der Waals surface area contributed by atoms with Crippen molar-refractivity contribution >= 4 is 28.1 Å². The molecular weight excluding hydrogens is 308 g/mol. The average Bonchev–Trinajstić information content (AvgIpc) is 3.15. The van der Waals surface area contributed by atoms with E-state index in [1.54, 1.807) is 13.0 Å². The number of H-pyrrole nitrogens is 1. The molecule has 3 aromatic rings. The summed E-state index contributed by atoms with van der Waals surface area (Å²) in [7, 11) is 0. The van der Waals surface area contributed by atoms with E-state index in [1.165, 1.54) is 11.3 Å². The Labute approximate surface area is 139 Å². The van der Waals surface area contributed by atoms with Crippen molar-refractivity contribution in [3.05, 3.63) is 57.4 Å². The standard InChI is InChI=1S/C18H20N2O2S/c1-11-12(2)20-16-14(11)5-4-6-15(16)17(21)19-10-18(3,22)13-7-8-23-9-13/h4-9,20,22H,10H2,1-3H3,(H,19,21). The second kappa shape index (κ2) is 5.83. The number of hydrogen-bond donors (Lipinski definition) is 3. The maximum absolute atomic E-state index is 12.6. The summed E-state index contributed by atoms with van der Waals surface area (Å²) in [6.07, 6.45) is 0. The zero-order chi connectivity index (χ0) is 16.6. The average molecular weight is 328 g/mol. The van der Waals surface area contributed by atoms with Crippen molar-refractivity contribution in [1.29, 1.82) is 0 Å².